The summed E-state index contributed by atoms with van der Waals surface area (Å²) in [6.07, 6.45) is 0. The van der Waals surface area contributed by atoms with Crippen LogP contribution in [0.1, 0.15) is 6.92 Å². The lowest BCUT2D eigenvalue weighted by atomic mass is 10.4. The van der Waals surface area contributed by atoms with Crippen molar-refractivity contribution < 1.29 is 4.74 Å². The second-order valence-corrected chi connectivity index (χ2v) is 2.71. The molecule has 2 N–H and O–H groups in total. The highest BCUT2D eigenvalue weighted by Gasteiger charge is 1.98. The lowest BCUT2D eigenvalue weighted by molar-refractivity contribution is 0.326. The monoisotopic (exact) mass is 216 g/mol. The van der Waals surface area contributed by atoms with Crippen molar-refractivity contribution in [1.82, 2.24) is 4.98 Å². The molecule has 0 bridgehead atoms. The van der Waals surface area contributed by atoms with E-state index >= 15 is 0 Å². The number of hydrogen-bond donors (Lipinski definition) is 1. The first-order chi connectivity index (χ1) is 5.24. The number of hydrogen-bond acceptors (Lipinski definition) is 3. The number of nitrogens with zero attached hydrogens (tertiary/aromatic N) is 1. The molecule has 1 heterocycles. The predicted octanol–water partition coefficient (Wildman–Crippen LogP) is 1.82. The second-order valence-electron chi connectivity index (χ2n) is 1.96. The zero-order valence-corrected chi connectivity index (χ0v) is 7.76. The third-order valence-electron chi connectivity index (χ3n) is 1.14. The van der Waals surface area contributed by atoms with Crippen LogP contribution in [0.2, 0.25) is 0 Å². The molecule has 0 unspecified atom stereocenters. The molecule has 0 aliphatic rings. The van der Waals surface area contributed by atoms with Crippen LogP contribution in [-0.4, -0.2) is 11.6 Å². The molecule has 1 aromatic rings. The Morgan fingerprint density at radius 1 is 1.64 bits per heavy atom. The zero-order valence-electron chi connectivity index (χ0n) is 6.17. The van der Waals surface area contributed by atoms with Crippen molar-refractivity contribution in [3.8, 4) is 5.88 Å². The Balaban J connectivity index is 2.86. The molecule has 0 aliphatic heterocycles. The molecule has 0 radical (unpaired) electrons. The third kappa shape index (κ3) is 2.08. The average Bonchev–Trinajstić information content (AvgIpc) is 1.98. The number of nitrogens with two attached hydrogens (primary N) is 1. The van der Waals surface area contributed by atoms with E-state index in [2.05, 4.69) is 20.9 Å². The molecule has 0 spiro atoms. The van der Waals surface area contributed by atoms with Crippen molar-refractivity contribution in [2.45, 2.75) is 6.92 Å². The van der Waals surface area contributed by atoms with E-state index in [4.69, 9.17) is 10.5 Å². The van der Waals surface area contributed by atoms with Crippen LogP contribution >= 0.6 is 15.9 Å². The zero-order chi connectivity index (χ0) is 8.27. The molecule has 0 aliphatic carbocycles. The molecular weight excluding hydrogens is 208 g/mol. The van der Waals surface area contributed by atoms with Crippen molar-refractivity contribution in [2.75, 3.05) is 12.3 Å². The Hall–Kier alpha value is -0.770. The van der Waals surface area contributed by atoms with E-state index in [1.54, 1.807) is 12.1 Å². The molecule has 0 saturated heterocycles. The first-order valence-corrected chi connectivity index (χ1v) is 4.08. The maximum absolute atomic E-state index is 5.52. The van der Waals surface area contributed by atoms with Crippen molar-refractivity contribution >= 4 is 21.6 Å². The molecule has 0 fully saturated rings. The molecule has 11 heavy (non-hydrogen) atoms. The topological polar surface area (TPSA) is 48.1 Å². The van der Waals surface area contributed by atoms with Crippen molar-refractivity contribution in [2.24, 2.45) is 0 Å². The highest BCUT2D eigenvalue weighted by atomic mass is 79.9. The van der Waals surface area contributed by atoms with Gasteiger partial charge in [-0.15, -0.1) is 0 Å². The molecule has 3 nitrogen and oxygen atoms in total. The number of rotatable bonds is 2. The van der Waals surface area contributed by atoms with Crippen LogP contribution in [-0.2, 0) is 0 Å². The van der Waals surface area contributed by atoms with E-state index in [1.807, 2.05) is 6.92 Å². The summed E-state index contributed by atoms with van der Waals surface area (Å²) in [7, 11) is 0. The molecular formula is C7H9BrN2O. The van der Waals surface area contributed by atoms with Crippen LogP contribution in [0.3, 0.4) is 0 Å². The van der Waals surface area contributed by atoms with Crippen LogP contribution in [0.15, 0.2) is 16.7 Å². The van der Waals surface area contributed by atoms with Gasteiger partial charge in [-0.2, -0.15) is 0 Å². The SMILES string of the molecule is CCOc1ccc(N)c(Br)n1. The van der Waals surface area contributed by atoms with Crippen molar-refractivity contribution in [3.63, 3.8) is 0 Å². The van der Waals surface area contributed by atoms with Gasteiger partial charge in [0.05, 0.1) is 12.3 Å². The quantitative estimate of drug-likeness (QED) is 0.768. The first kappa shape index (κ1) is 8.33. The smallest absolute Gasteiger partial charge is 0.214 e. The lowest BCUT2D eigenvalue weighted by Crippen LogP contribution is -1.96. The summed E-state index contributed by atoms with van der Waals surface area (Å²) in [4.78, 5) is 4.03. The normalized spacial score (nSPS) is 9.64. The Kier molecular flexibility index (Phi) is 2.70. The van der Waals surface area contributed by atoms with Gasteiger partial charge >= 0.3 is 0 Å². The van der Waals surface area contributed by atoms with Gasteiger partial charge in [0.2, 0.25) is 5.88 Å². The summed E-state index contributed by atoms with van der Waals surface area (Å²) in [5.41, 5.74) is 6.14. The number of anilines is 1. The Labute approximate surface area is 73.7 Å². The van der Waals surface area contributed by atoms with Gasteiger partial charge in [0.1, 0.15) is 4.60 Å². The minimum Gasteiger partial charge on any atom is -0.478 e. The van der Waals surface area contributed by atoms with Crippen molar-refractivity contribution in [1.29, 1.82) is 0 Å². The van der Waals surface area contributed by atoms with E-state index in [0.717, 1.165) is 0 Å². The van der Waals surface area contributed by atoms with Gasteiger partial charge in [-0.05, 0) is 28.9 Å². The van der Waals surface area contributed by atoms with Gasteiger partial charge in [-0.1, -0.05) is 0 Å². The van der Waals surface area contributed by atoms with Gasteiger partial charge in [0, 0.05) is 6.07 Å². The van der Waals surface area contributed by atoms with E-state index in [9.17, 15) is 0 Å². The summed E-state index contributed by atoms with van der Waals surface area (Å²) in [6.45, 7) is 2.52. The Morgan fingerprint density at radius 3 is 2.91 bits per heavy atom. The highest BCUT2D eigenvalue weighted by Crippen LogP contribution is 2.19. The molecule has 0 aromatic carbocycles. The predicted molar refractivity (Wildman–Crippen MR) is 47.5 cm³/mol. The van der Waals surface area contributed by atoms with Gasteiger partial charge < -0.3 is 10.5 Å². The van der Waals surface area contributed by atoms with Crippen LogP contribution in [0.25, 0.3) is 0 Å². The molecule has 0 atom stereocenters. The summed E-state index contributed by atoms with van der Waals surface area (Å²) >= 11 is 3.20. The fraction of sp³-hybridized carbons (Fsp3) is 0.286. The van der Waals surface area contributed by atoms with Gasteiger partial charge in [0.25, 0.3) is 0 Å². The van der Waals surface area contributed by atoms with Gasteiger partial charge in [-0.25, -0.2) is 4.98 Å². The van der Waals surface area contributed by atoms with E-state index in [0.29, 0.717) is 22.8 Å². The van der Waals surface area contributed by atoms with E-state index < -0.39 is 0 Å². The summed E-state index contributed by atoms with van der Waals surface area (Å²) in [6, 6.07) is 3.49. The number of ether oxygens (including phenoxy) is 1. The Morgan fingerprint density at radius 2 is 2.36 bits per heavy atom. The van der Waals surface area contributed by atoms with Crippen LogP contribution in [0, 0.1) is 0 Å². The molecule has 0 saturated carbocycles. The number of aromatic nitrogens is 1. The molecule has 4 heteroatoms. The lowest BCUT2D eigenvalue weighted by Gasteiger charge is -2.02. The summed E-state index contributed by atoms with van der Waals surface area (Å²) < 4.78 is 5.77. The maximum atomic E-state index is 5.52. The fourth-order valence-electron chi connectivity index (χ4n) is 0.657. The van der Waals surface area contributed by atoms with Gasteiger partial charge in [0.15, 0.2) is 0 Å². The van der Waals surface area contributed by atoms with Crippen molar-refractivity contribution in [3.05, 3.63) is 16.7 Å². The average molecular weight is 217 g/mol. The number of pyridine rings is 1. The molecule has 0 amide bonds. The van der Waals surface area contributed by atoms with E-state index in [-0.39, 0.29) is 0 Å². The van der Waals surface area contributed by atoms with Gasteiger partial charge in [-0.3, -0.25) is 0 Å². The standard InChI is InChI=1S/C7H9BrN2O/c1-2-11-6-4-3-5(9)7(8)10-6/h3-4H,2,9H2,1H3. The number of halogens is 1. The van der Waals surface area contributed by atoms with Crippen LogP contribution < -0.4 is 10.5 Å². The molecule has 1 aromatic heterocycles. The maximum Gasteiger partial charge on any atom is 0.214 e. The minimum absolute atomic E-state index is 0.591. The number of nitrogen functional groups attached to an aromatic ring is 1. The molecule has 60 valence electrons. The third-order valence-corrected chi connectivity index (χ3v) is 1.78. The summed E-state index contributed by atoms with van der Waals surface area (Å²) in [5.74, 6) is 0.591. The first-order valence-electron chi connectivity index (χ1n) is 3.29. The van der Waals surface area contributed by atoms with Crippen LogP contribution in [0.4, 0.5) is 5.69 Å². The molecule has 1 rings (SSSR count). The Bertz CT molecular complexity index is 252. The van der Waals surface area contributed by atoms with E-state index in [1.165, 1.54) is 0 Å². The second kappa shape index (κ2) is 3.57. The largest absolute Gasteiger partial charge is 0.478 e. The van der Waals surface area contributed by atoms with Crippen LogP contribution in [0.5, 0.6) is 5.88 Å². The fourth-order valence-corrected chi connectivity index (χ4v) is 0.964. The minimum atomic E-state index is 0.591. The highest BCUT2D eigenvalue weighted by molar-refractivity contribution is 9.10. The summed E-state index contributed by atoms with van der Waals surface area (Å²) in [5, 5.41) is 0.